The summed E-state index contributed by atoms with van der Waals surface area (Å²) in [6, 6.07) is 6.23. The van der Waals surface area contributed by atoms with E-state index in [-0.39, 0.29) is 16.5 Å². The number of halogens is 1. The second-order valence-electron chi connectivity index (χ2n) is 9.89. The van der Waals surface area contributed by atoms with Crippen molar-refractivity contribution in [2.75, 3.05) is 0 Å². The molecule has 0 saturated heterocycles. The van der Waals surface area contributed by atoms with Crippen molar-refractivity contribution < 1.29 is 17.6 Å². The Hall–Kier alpha value is -3.53. The number of benzene rings is 1. The molecule has 1 fully saturated rings. The van der Waals surface area contributed by atoms with Gasteiger partial charge in [-0.05, 0) is 75.9 Å². The number of amides is 1. The number of carbonyl (C=O) groups excluding carboxylic acids is 1. The molecule has 35 heavy (non-hydrogen) atoms. The third kappa shape index (κ3) is 4.12. The number of hydrogen-bond donors (Lipinski definition) is 1. The first-order chi connectivity index (χ1) is 16.5. The Morgan fingerprint density at radius 2 is 1.89 bits per heavy atom. The second kappa shape index (κ2) is 8.01. The van der Waals surface area contributed by atoms with Crippen LogP contribution >= 0.6 is 0 Å². The van der Waals surface area contributed by atoms with Crippen molar-refractivity contribution in [3.63, 3.8) is 0 Å². The van der Waals surface area contributed by atoms with Gasteiger partial charge in [0, 0.05) is 24.0 Å². The zero-order valence-electron chi connectivity index (χ0n) is 19.9. The molecule has 0 aliphatic heterocycles. The molecule has 3 heterocycles. The molecular weight excluding hydrogens is 469 g/mol. The van der Waals surface area contributed by atoms with E-state index in [0.717, 1.165) is 12.8 Å². The minimum Gasteiger partial charge on any atom is -0.349 e. The number of rotatable bonds is 5. The first-order valence-corrected chi connectivity index (χ1v) is 12.8. The predicted molar refractivity (Wildman–Crippen MR) is 130 cm³/mol. The van der Waals surface area contributed by atoms with Crippen LogP contribution in [0.15, 0.2) is 53.9 Å². The second-order valence-corrected chi connectivity index (χ2v) is 12.6. The molecule has 0 spiro atoms. The van der Waals surface area contributed by atoms with Gasteiger partial charge in [0.25, 0.3) is 5.91 Å². The summed E-state index contributed by atoms with van der Waals surface area (Å²) < 4.78 is 42.8. The van der Waals surface area contributed by atoms with E-state index in [1.165, 1.54) is 6.07 Å². The van der Waals surface area contributed by atoms with Crippen molar-refractivity contribution in [3.05, 3.63) is 66.0 Å². The fraction of sp³-hybridized carbons (Fsp3) is 0.320. The molecule has 182 valence electrons. The van der Waals surface area contributed by atoms with E-state index in [1.807, 2.05) is 0 Å². The highest BCUT2D eigenvalue weighted by atomic mass is 32.2. The van der Waals surface area contributed by atoms with E-state index in [0.29, 0.717) is 28.2 Å². The predicted octanol–water partition coefficient (Wildman–Crippen LogP) is 4.10. The van der Waals surface area contributed by atoms with Gasteiger partial charge in [0.05, 0.1) is 27.6 Å². The number of pyridine rings is 1. The minimum absolute atomic E-state index is 0.00270. The summed E-state index contributed by atoms with van der Waals surface area (Å²) >= 11 is 0. The van der Waals surface area contributed by atoms with Crippen LogP contribution in [0.1, 0.15) is 49.5 Å². The van der Waals surface area contributed by atoms with Crippen molar-refractivity contribution >= 4 is 21.4 Å². The molecule has 0 radical (unpaired) electrons. The highest BCUT2D eigenvalue weighted by molar-refractivity contribution is 7.92. The molecule has 3 aromatic heterocycles. The van der Waals surface area contributed by atoms with Crippen molar-refractivity contribution in [2.24, 2.45) is 0 Å². The van der Waals surface area contributed by atoms with Crippen molar-refractivity contribution in [2.45, 2.75) is 56.2 Å². The number of carbonyl (C=O) groups is 1. The van der Waals surface area contributed by atoms with Crippen molar-refractivity contribution in [1.82, 2.24) is 24.5 Å². The minimum atomic E-state index is -3.56. The number of aryl methyl sites for hydroxylation is 1. The Kier molecular flexibility index (Phi) is 5.32. The number of fused-ring (bicyclic) bond motifs is 1. The lowest BCUT2D eigenvalue weighted by Gasteiger charge is -2.19. The number of nitrogens with zero attached hydrogens (tertiary/aromatic N) is 4. The van der Waals surface area contributed by atoms with E-state index in [2.05, 4.69) is 15.4 Å². The Balaban J connectivity index is 1.54. The van der Waals surface area contributed by atoms with E-state index in [4.69, 9.17) is 0 Å². The van der Waals surface area contributed by atoms with Gasteiger partial charge >= 0.3 is 0 Å². The summed E-state index contributed by atoms with van der Waals surface area (Å²) in [4.78, 5) is 17.1. The lowest BCUT2D eigenvalue weighted by atomic mass is 9.99. The number of sulfone groups is 1. The maximum atomic E-state index is 14.5. The molecule has 0 atom stereocenters. The summed E-state index contributed by atoms with van der Waals surface area (Å²) in [6.07, 6.45) is 8.34. The van der Waals surface area contributed by atoms with Gasteiger partial charge < -0.3 is 5.32 Å². The van der Waals surface area contributed by atoms with Crippen LogP contribution in [-0.4, -0.2) is 44.3 Å². The average Bonchev–Trinajstić information content (AvgIpc) is 3.29. The smallest absolute Gasteiger partial charge is 0.254 e. The lowest BCUT2D eigenvalue weighted by molar-refractivity contribution is 0.0947. The van der Waals surface area contributed by atoms with Gasteiger partial charge in [0.2, 0.25) is 0 Å². The number of imidazole rings is 1. The number of hydrogen-bond acceptors (Lipinski definition) is 5. The van der Waals surface area contributed by atoms with Crippen LogP contribution in [0, 0.1) is 12.7 Å². The molecule has 1 aliphatic carbocycles. The average molecular weight is 496 g/mol. The monoisotopic (exact) mass is 495 g/mol. The molecule has 0 bridgehead atoms. The third-order valence-corrected chi connectivity index (χ3v) is 8.65. The Morgan fingerprint density at radius 3 is 2.57 bits per heavy atom. The zero-order chi connectivity index (χ0) is 25.1. The number of nitrogens with one attached hydrogen (secondary N) is 1. The Labute approximate surface area is 202 Å². The molecule has 5 rings (SSSR count). The van der Waals surface area contributed by atoms with Gasteiger partial charge in [0.1, 0.15) is 11.5 Å². The molecular formula is C25H26FN5O3S. The van der Waals surface area contributed by atoms with Gasteiger partial charge in [-0.2, -0.15) is 5.10 Å². The van der Waals surface area contributed by atoms with E-state index >= 15 is 0 Å². The van der Waals surface area contributed by atoms with Crippen LogP contribution in [-0.2, 0) is 9.84 Å². The van der Waals surface area contributed by atoms with Gasteiger partial charge in [-0.1, -0.05) is 0 Å². The first kappa shape index (κ1) is 23.2. The molecule has 1 aliphatic rings. The fourth-order valence-corrected chi connectivity index (χ4v) is 5.06. The normalized spacial score (nSPS) is 14.4. The number of aromatic nitrogens is 4. The van der Waals surface area contributed by atoms with E-state index in [9.17, 15) is 17.6 Å². The Bertz CT molecular complexity index is 1580. The largest absolute Gasteiger partial charge is 0.349 e. The molecule has 1 saturated carbocycles. The fourth-order valence-electron chi connectivity index (χ4n) is 3.87. The molecule has 1 aromatic carbocycles. The standard InChI is InChI=1S/C25H26FN5O3S/c1-15-9-21(26)20(24(32)29-17-5-6-17)10-19(15)16-11-28-31(13-16)23-12-27-22-8-7-18(14-30(22)23)35(33,34)25(2,3)4/h7-14,17H,5-6H2,1-4H3,(H,29,32). The lowest BCUT2D eigenvalue weighted by Crippen LogP contribution is -2.28. The molecule has 0 unspecified atom stereocenters. The van der Waals surface area contributed by atoms with Gasteiger partial charge in [-0.25, -0.2) is 22.5 Å². The van der Waals surface area contributed by atoms with Gasteiger partial charge in [-0.3, -0.25) is 9.20 Å². The molecule has 10 heteroatoms. The summed E-state index contributed by atoms with van der Waals surface area (Å²) in [5, 5.41) is 7.26. The molecule has 1 N–H and O–H groups in total. The quantitative estimate of drug-likeness (QED) is 0.450. The summed E-state index contributed by atoms with van der Waals surface area (Å²) in [6.45, 7) is 6.75. The third-order valence-electron chi connectivity index (χ3n) is 6.17. The highest BCUT2D eigenvalue weighted by Crippen LogP contribution is 2.29. The van der Waals surface area contributed by atoms with Crippen molar-refractivity contribution in [3.8, 4) is 16.9 Å². The van der Waals surface area contributed by atoms with Crippen LogP contribution in [0.2, 0.25) is 0 Å². The maximum Gasteiger partial charge on any atom is 0.254 e. The molecule has 1 amide bonds. The van der Waals surface area contributed by atoms with Gasteiger partial charge in [-0.15, -0.1) is 0 Å². The van der Waals surface area contributed by atoms with Crippen LogP contribution in [0.25, 0.3) is 22.6 Å². The Morgan fingerprint density at radius 1 is 1.14 bits per heavy atom. The summed E-state index contributed by atoms with van der Waals surface area (Å²) in [5.74, 6) is -0.442. The van der Waals surface area contributed by atoms with E-state index in [1.54, 1.807) is 79.8 Å². The van der Waals surface area contributed by atoms with Gasteiger partial charge in [0.15, 0.2) is 15.7 Å². The maximum absolute atomic E-state index is 14.5. The molecule has 4 aromatic rings. The molecule has 8 nitrogen and oxygen atoms in total. The highest BCUT2D eigenvalue weighted by Gasteiger charge is 2.31. The van der Waals surface area contributed by atoms with Crippen LogP contribution < -0.4 is 5.32 Å². The zero-order valence-corrected chi connectivity index (χ0v) is 20.7. The first-order valence-electron chi connectivity index (χ1n) is 11.3. The van der Waals surface area contributed by atoms with Crippen molar-refractivity contribution in [1.29, 1.82) is 0 Å². The SMILES string of the molecule is Cc1cc(F)c(C(=O)NC2CC2)cc1-c1cnn(-c2cnc3ccc(S(=O)(=O)C(C)(C)C)cn23)c1. The summed E-state index contributed by atoms with van der Waals surface area (Å²) in [7, 11) is -3.56. The van der Waals surface area contributed by atoms with Crippen LogP contribution in [0.3, 0.4) is 0 Å². The van der Waals surface area contributed by atoms with Crippen LogP contribution in [0.5, 0.6) is 0 Å². The van der Waals surface area contributed by atoms with Crippen LogP contribution in [0.4, 0.5) is 4.39 Å². The topological polar surface area (TPSA) is 98.4 Å². The van der Waals surface area contributed by atoms with E-state index < -0.39 is 26.3 Å². The summed E-state index contributed by atoms with van der Waals surface area (Å²) in [5.41, 5.74) is 2.61.